The van der Waals surface area contributed by atoms with Gasteiger partial charge < -0.3 is 15.8 Å². The van der Waals surface area contributed by atoms with Gasteiger partial charge in [-0.3, -0.25) is 4.79 Å². The van der Waals surface area contributed by atoms with E-state index in [0.717, 1.165) is 13.3 Å². The third-order valence-corrected chi connectivity index (χ3v) is 2.09. The van der Waals surface area contributed by atoms with Gasteiger partial charge in [-0.2, -0.15) is 0 Å². The van der Waals surface area contributed by atoms with E-state index in [4.69, 9.17) is 15.6 Å². The van der Waals surface area contributed by atoms with Crippen LogP contribution in [0.15, 0.2) is 30.5 Å². The summed E-state index contributed by atoms with van der Waals surface area (Å²) >= 11 is 0. The summed E-state index contributed by atoms with van der Waals surface area (Å²) in [7, 11) is 0. The molecule has 0 aliphatic heterocycles. The summed E-state index contributed by atoms with van der Waals surface area (Å²) in [5.74, 6) is -0.833. The first kappa shape index (κ1) is 12.3. The molecular formula is C12H16N2O2. The zero-order chi connectivity index (χ0) is 12.0. The predicted octanol–water partition coefficient (Wildman–Crippen LogP) is 1.76. The van der Waals surface area contributed by atoms with Crippen LogP contribution in [0.4, 0.5) is 0 Å². The summed E-state index contributed by atoms with van der Waals surface area (Å²) in [5, 5.41) is 8.71. The summed E-state index contributed by atoms with van der Waals surface area (Å²) in [6, 6.07) is 8.29. The number of carboxylic acids is 1. The molecule has 0 aliphatic carbocycles. The van der Waals surface area contributed by atoms with Crippen molar-refractivity contribution >= 4 is 16.9 Å². The minimum absolute atomic E-state index is 0.710. The Balaban J connectivity index is 0.000000280. The van der Waals surface area contributed by atoms with E-state index in [1.807, 2.05) is 12.3 Å². The second-order valence-corrected chi connectivity index (χ2v) is 3.42. The fraction of sp³-hybridized carbons (Fsp3) is 0.250. The Morgan fingerprint density at radius 3 is 2.69 bits per heavy atom. The van der Waals surface area contributed by atoms with Crippen LogP contribution in [0, 0.1) is 0 Å². The zero-order valence-corrected chi connectivity index (χ0v) is 9.23. The first-order chi connectivity index (χ1) is 7.65. The second-order valence-electron chi connectivity index (χ2n) is 3.42. The molecule has 0 amide bonds. The van der Waals surface area contributed by atoms with Crippen LogP contribution in [0.1, 0.15) is 12.5 Å². The lowest BCUT2D eigenvalue weighted by Gasteiger charge is -1.93. The number of aromatic amines is 1. The highest BCUT2D eigenvalue weighted by Gasteiger charge is 1.99. The first-order valence-electron chi connectivity index (χ1n) is 5.09. The van der Waals surface area contributed by atoms with E-state index in [-0.39, 0.29) is 0 Å². The van der Waals surface area contributed by atoms with Gasteiger partial charge in [-0.25, -0.2) is 0 Å². The van der Waals surface area contributed by atoms with Crippen LogP contribution in [0.3, 0.4) is 0 Å². The number of aliphatic carboxylic acids is 1. The van der Waals surface area contributed by atoms with E-state index in [1.165, 1.54) is 16.5 Å². The van der Waals surface area contributed by atoms with Crippen LogP contribution >= 0.6 is 0 Å². The average molecular weight is 220 g/mol. The molecular weight excluding hydrogens is 204 g/mol. The molecule has 1 heterocycles. The molecule has 0 fully saturated rings. The summed E-state index contributed by atoms with van der Waals surface area (Å²) in [5.41, 5.74) is 8.01. The van der Waals surface area contributed by atoms with Gasteiger partial charge in [0.05, 0.1) is 0 Å². The number of carbonyl (C=O) groups is 1. The van der Waals surface area contributed by atoms with Crippen LogP contribution < -0.4 is 5.73 Å². The maximum Gasteiger partial charge on any atom is 0.300 e. The first-order valence-corrected chi connectivity index (χ1v) is 5.09. The molecule has 0 bridgehead atoms. The van der Waals surface area contributed by atoms with Crippen LogP contribution in [0.25, 0.3) is 10.9 Å². The van der Waals surface area contributed by atoms with Crippen LogP contribution in [0.5, 0.6) is 0 Å². The molecule has 2 aromatic rings. The van der Waals surface area contributed by atoms with Gasteiger partial charge >= 0.3 is 0 Å². The molecule has 0 unspecified atom stereocenters. The lowest BCUT2D eigenvalue weighted by molar-refractivity contribution is -0.134. The van der Waals surface area contributed by atoms with Crippen molar-refractivity contribution in [3.8, 4) is 0 Å². The lowest BCUT2D eigenvalue weighted by atomic mass is 10.1. The van der Waals surface area contributed by atoms with Crippen molar-refractivity contribution < 1.29 is 9.90 Å². The molecule has 1 aromatic heterocycles. The van der Waals surface area contributed by atoms with E-state index in [9.17, 15) is 0 Å². The molecule has 1 aromatic carbocycles. The molecule has 4 heteroatoms. The van der Waals surface area contributed by atoms with Gasteiger partial charge in [0.1, 0.15) is 0 Å². The summed E-state index contributed by atoms with van der Waals surface area (Å²) in [6.45, 7) is 1.79. The Labute approximate surface area is 94.1 Å². The van der Waals surface area contributed by atoms with Crippen molar-refractivity contribution in [2.24, 2.45) is 5.73 Å². The lowest BCUT2D eigenvalue weighted by Crippen LogP contribution is -2.01. The third kappa shape index (κ3) is 3.40. The maximum absolute atomic E-state index is 9.00. The molecule has 0 radical (unpaired) electrons. The van der Waals surface area contributed by atoms with Gasteiger partial charge in [-0.1, -0.05) is 18.2 Å². The number of aromatic nitrogens is 1. The smallest absolute Gasteiger partial charge is 0.300 e. The van der Waals surface area contributed by atoms with Gasteiger partial charge in [0.15, 0.2) is 0 Å². The van der Waals surface area contributed by atoms with E-state index < -0.39 is 5.97 Å². The largest absolute Gasteiger partial charge is 0.481 e. The molecule has 0 aliphatic rings. The highest BCUT2D eigenvalue weighted by atomic mass is 16.4. The number of fused-ring (bicyclic) bond motifs is 1. The molecule has 86 valence electrons. The van der Waals surface area contributed by atoms with Crippen molar-refractivity contribution in [3.05, 3.63) is 36.0 Å². The molecule has 4 N–H and O–H groups in total. The Morgan fingerprint density at radius 2 is 2.06 bits per heavy atom. The van der Waals surface area contributed by atoms with Crippen LogP contribution in [-0.4, -0.2) is 22.6 Å². The molecule has 0 saturated heterocycles. The Kier molecular flexibility index (Phi) is 4.54. The minimum atomic E-state index is -0.833. The van der Waals surface area contributed by atoms with Gasteiger partial charge in [0.25, 0.3) is 5.97 Å². The Morgan fingerprint density at radius 1 is 1.44 bits per heavy atom. The predicted molar refractivity (Wildman–Crippen MR) is 64.4 cm³/mol. The Bertz CT molecular complexity index is 459. The quantitative estimate of drug-likeness (QED) is 0.721. The highest BCUT2D eigenvalue weighted by molar-refractivity contribution is 5.83. The second kappa shape index (κ2) is 5.92. The topological polar surface area (TPSA) is 79.1 Å². The van der Waals surface area contributed by atoms with Gasteiger partial charge in [0.2, 0.25) is 0 Å². The van der Waals surface area contributed by atoms with Gasteiger partial charge in [-0.15, -0.1) is 0 Å². The van der Waals surface area contributed by atoms with Crippen molar-refractivity contribution in [1.82, 2.24) is 4.98 Å². The highest BCUT2D eigenvalue weighted by Crippen LogP contribution is 2.17. The van der Waals surface area contributed by atoms with Gasteiger partial charge in [0, 0.05) is 24.0 Å². The average Bonchev–Trinajstić information content (AvgIpc) is 2.62. The minimum Gasteiger partial charge on any atom is -0.481 e. The Hall–Kier alpha value is -1.81. The van der Waals surface area contributed by atoms with Gasteiger partial charge in [-0.05, 0) is 24.6 Å². The molecule has 2 rings (SSSR count). The molecule has 4 nitrogen and oxygen atoms in total. The monoisotopic (exact) mass is 220 g/mol. The fourth-order valence-corrected chi connectivity index (χ4v) is 1.49. The number of para-hydroxylation sites is 1. The molecule has 0 atom stereocenters. The van der Waals surface area contributed by atoms with E-state index in [2.05, 4.69) is 23.2 Å². The SMILES string of the molecule is CC(=O)O.NCCc1c[nH]c2ccccc12. The number of rotatable bonds is 2. The zero-order valence-electron chi connectivity index (χ0n) is 9.23. The van der Waals surface area contributed by atoms with E-state index in [0.29, 0.717) is 6.54 Å². The van der Waals surface area contributed by atoms with Crippen LogP contribution in [-0.2, 0) is 11.2 Å². The third-order valence-electron chi connectivity index (χ3n) is 2.09. The normalized spacial score (nSPS) is 9.62. The summed E-state index contributed by atoms with van der Waals surface area (Å²) < 4.78 is 0. The van der Waals surface area contributed by atoms with Crippen molar-refractivity contribution in [2.45, 2.75) is 13.3 Å². The number of nitrogens with one attached hydrogen (secondary N) is 1. The number of benzene rings is 1. The van der Waals surface area contributed by atoms with E-state index in [1.54, 1.807) is 0 Å². The number of hydrogen-bond acceptors (Lipinski definition) is 2. The number of H-pyrrole nitrogens is 1. The van der Waals surface area contributed by atoms with Crippen molar-refractivity contribution in [1.29, 1.82) is 0 Å². The summed E-state index contributed by atoms with van der Waals surface area (Å²) in [6.07, 6.45) is 2.99. The van der Waals surface area contributed by atoms with Crippen molar-refractivity contribution in [3.63, 3.8) is 0 Å². The molecule has 0 saturated carbocycles. The number of nitrogens with two attached hydrogens (primary N) is 1. The number of hydrogen-bond donors (Lipinski definition) is 3. The summed E-state index contributed by atoms with van der Waals surface area (Å²) in [4.78, 5) is 12.2. The standard InChI is InChI=1S/C10H12N2.C2H4O2/c11-6-5-8-7-12-10-4-2-1-3-9(8)10;1-2(3)4/h1-4,7,12H,5-6,11H2;1H3,(H,3,4). The van der Waals surface area contributed by atoms with E-state index >= 15 is 0 Å². The molecule has 0 spiro atoms. The van der Waals surface area contributed by atoms with Crippen molar-refractivity contribution in [2.75, 3.05) is 6.54 Å². The maximum atomic E-state index is 9.00. The fourth-order valence-electron chi connectivity index (χ4n) is 1.49. The molecule has 16 heavy (non-hydrogen) atoms. The number of carboxylic acid groups (broad SMARTS) is 1. The van der Waals surface area contributed by atoms with Crippen LogP contribution in [0.2, 0.25) is 0 Å².